The third kappa shape index (κ3) is 1.48. The lowest BCUT2D eigenvalue weighted by molar-refractivity contribution is 0.0699. The molecule has 0 aliphatic carbocycles. The number of rotatable bonds is 2. The van der Waals surface area contributed by atoms with Gasteiger partial charge in [-0.3, -0.25) is 0 Å². The first-order valence-corrected chi connectivity index (χ1v) is 5.36. The highest BCUT2D eigenvalue weighted by molar-refractivity contribution is 6.03. The summed E-state index contributed by atoms with van der Waals surface area (Å²) in [5.41, 5.74) is 2.46. The Morgan fingerprint density at radius 3 is 2.62 bits per heavy atom. The lowest BCUT2D eigenvalue weighted by atomic mass is 10.1. The van der Waals surface area contributed by atoms with Gasteiger partial charge in [-0.05, 0) is 39.0 Å². The molecule has 3 nitrogen and oxygen atoms in total. The minimum Gasteiger partial charge on any atom is -0.478 e. The van der Waals surface area contributed by atoms with Gasteiger partial charge in [-0.1, -0.05) is 6.07 Å². The Labute approximate surface area is 94.3 Å². The molecule has 0 bridgehead atoms. The van der Waals surface area contributed by atoms with E-state index in [2.05, 4.69) is 18.4 Å². The lowest BCUT2D eigenvalue weighted by Crippen LogP contribution is -2.02. The summed E-state index contributed by atoms with van der Waals surface area (Å²) in [7, 11) is 0. The second kappa shape index (κ2) is 3.67. The quantitative estimate of drug-likeness (QED) is 0.839. The predicted octanol–water partition coefficient (Wildman–Crippen LogP) is 3.23. The maximum atomic E-state index is 11.1. The number of carboxylic acid groups (broad SMARTS) is 1. The summed E-state index contributed by atoms with van der Waals surface area (Å²) >= 11 is 0. The van der Waals surface area contributed by atoms with Crippen molar-refractivity contribution in [3.8, 4) is 0 Å². The minimum atomic E-state index is -0.869. The SMILES string of the molecule is Cc1cc2c(C(=O)O)cccc2n1C(C)C. The maximum absolute atomic E-state index is 11.1. The van der Waals surface area contributed by atoms with Gasteiger partial charge in [-0.15, -0.1) is 0 Å². The van der Waals surface area contributed by atoms with E-state index in [1.54, 1.807) is 12.1 Å². The molecular formula is C13H15NO2. The van der Waals surface area contributed by atoms with Gasteiger partial charge in [0.05, 0.1) is 5.56 Å². The van der Waals surface area contributed by atoms with Gasteiger partial charge in [0.1, 0.15) is 0 Å². The number of carboxylic acids is 1. The van der Waals surface area contributed by atoms with Gasteiger partial charge in [0.15, 0.2) is 0 Å². The van der Waals surface area contributed by atoms with E-state index in [9.17, 15) is 4.79 Å². The molecule has 3 heteroatoms. The Hall–Kier alpha value is -1.77. The zero-order valence-electron chi connectivity index (χ0n) is 9.69. The van der Waals surface area contributed by atoms with E-state index < -0.39 is 5.97 Å². The lowest BCUT2D eigenvalue weighted by Gasteiger charge is -2.12. The van der Waals surface area contributed by atoms with Crippen LogP contribution in [0.1, 0.15) is 35.9 Å². The van der Waals surface area contributed by atoms with Crippen molar-refractivity contribution in [2.45, 2.75) is 26.8 Å². The third-order valence-corrected chi connectivity index (χ3v) is 2.82. The van der Waals surface area contributed by atoms with Crippen molar-refractivity contribution in [2.24, 2.45) is 0 Å². The van der Waals surface area contributed by atoms with Gasteiger partial charge in [0.25, 0.3) is 0 Å². The molecule has 0 radical (unpaired) electrons. The molecule has 0 unspecified atom stereocenters. The predicted molar refractivity (Wildman–Crippen MR) is 64.0 cm³/mol. The van der Waals surface area contributed by atoms with Crippen molar-refractivity contribution in [2.75, 3.05) is 0 Å². The van der Waals surface area contributed by atoms with E-state index >= 15 is 0 Å². The van der Waals surface area contributed by atoms with E-state index in [4.69, 9.17) is 5.11 Å². The molecule has 1 heterocycles. The third-order valence-electron chi connectivity index (χ3n) is 2.82. The molecular weight excluding hydrogens is 202 g/mol. The number of nitrogens with zero attached hydrogens (tertiary/aromatic N) is 1. The molecule has 84 valence electrons. The molecule has 0 aliphatic heterocycles. The van der Waals surface area contributed by atoms with Crippen LogP contribution in [0.5, 0.6) is 0 Å². The molecule has 0 aliphatic rings. The van der Waals surface area contributed by atoms with E-state index in [0.717, 1.165) is 16.6 Å². The Morgan fingerprint density at radius 1 is 1.38 bits per heavy atom. The van der Waals surface area contributed by atoms with E-state index in [0.29, 0.717) is 11.6 Å². The normalized spacial score (nSPS) is 11.2. The highest BCUT2D eigenvalue weighted by Gasteiger charge is 2.14. The molecule has 1 aromatic heterocycles. The summed E-state index contributed by atoms with van der Waals surface area (Å²) < 4.78 is 2.15. The van der Waals surface area contributed by atoms with Gasteiger partial charge in [-0.2, -0.15) is 0 Å². The molecule has 0 spiro atoms. The van der Waals surface area contributed by atoms with Crippen molar-refractivity contribution in [3.63, 3.8) is 0 Å². The summed E-state index contributed by atoms with van der Waals surface area (Å²) in [4.78, 5) is 11.1. The highest BCUT2D eigenvalue weighted by Crippen LogP contribution is 2.26. The fourth-order valence-corrected chi connectivity index (χ4v) is 2.26. The standard InChI is InChI=1S/C13H15NO2/c1-8(2)14-9(3)7-11-10(13(15)16)5-4-6-12(11)14/h4-8H,1-3H3,(H,15,16). The summed E-state index contributed by atoms with van der Waals surface area (Å²) in [6.45, 7) is 6.20. The summed E-state index contributed by atoms with van der Waals surface area (Å²) in [5.74, 6) is -0.869. The molecule has 1 N–H and O–H groups in total. The topological polar surface area (TPSA) is 42.2 Å². The van der Waals surface area contributed by atoms with Crippen LogP contribution in [0.25, 0.3) is 10.9 Å². The van der Waals surface area contributed by atoms with Crippen molar-refractivity contribution in [1.82, 2.24) is 4.57 Å². The van der Waals surface area contributed by atoms with Crippen LogP contribution in [0.2, 0.25) is 0 Å². The smallest absolute Gasteiger partial charge is 0.336 e. The number of fused-ring (bicyclic) bond motifs is 1. The number of hydrogen-bond acceptors (Lipinski definition) is 1. The van der Waals surface area contributed by atoms with Crippen molar-refractivity contribution < 1.29 is 9.90 Å². The van der Waals surface area contributed by atoms with Crippen LogP contribution < -0.4 is 0 Å². The zero-order valence-corrected chi connectivity index (χ0v) is 9.69. The molecule has 2 aromatic rings. The van der Waals surface area contributed by atoms with Crippen molar-refractivity contribution in [3.05, 3.63) is 35.5 Å². The van der Waals surface area contributed by atoms with Gasteiger partial charge in [0, 0.05) is 22.6 Å². The largest absolute Gasteiger partial charge is 0.478 e. The molecule has 16 heavy (non-hydrogen) atoms. The number of aryl methyl sites for hydroxylation is 1. The van der Waals surface area contributed by atoms with Crippen LogP contribution in [0, 0.1) is 6.92 Å². The number of benzene rings is 1. The Balaban J connectivity index is 2.83. The van der Waals surface area contributed by atoms with Crippen LogP contribution >= 0.6 is 0 Å². The van der Waals surface area contributed by atoms with E-state index in [1.165, 1.54) is 0 Å². The number of aromatic nitrogens is 1. The van der Waals surface area contributed by atoms with Gasteiger partial charge < -0.3 is 9.67 Å². The fourth-order valence-electron chi connectivity index (χ4n) is 2.26. The second-order valence-corrected chi connectivity index (χ2v) is 4.29. The van der Waals surface area contributed by atoms with Crippen LogP contribution in [-0.4, -0.2) is 15.6 Å². The average molecular weight is 217 g/mol. The summed E-state index contributed by atoms with van der Waals surface area (Å²) in [6.07, 6.45) is 0. The molecule has 0 atom stereocenters. The molecule has 1 aromatic carbocycles. The summed E-state index contributed by atoms with van der Waals surface area (Å²) in [6, 6.07) is 7.69. The molecule has 0 fully saturated rings. The van der Waals surface area contributed by atoms with Gasteiger partial charge in [-0.25, -0.2) is 4.79 Å². The first kappa shape index (κ1) is 10.7. The van der Waals surface area contributed by atoms with Gasteiger partial charge >= 0.3 is 5.97 Å². The number of hydrogen-bond donors (Lipinski definition) is 1. The molecule has 0 saturated heterocycles. The van der Waals surface area contributed by atoms with Crippen LogP contribution in [0.3, 0.4) is 0 Å². The number of aromatic carboxylic acids is 1. The monoisotopic (exact) mass is 217 g/mol. The van der Waals surface area contributed by atoms with E-state index in [1.807, 2.05) is 19.1 Å². The summed E-state index contributed by atoms with van der Waals surface area (Å²) in [5, 5.41) is 9.93. The zero-order chi connectivity index (χ0) is 11.9. The van der Waals surface area contributed by atoms with E-state index in [-0.39, 0.29) is 0 Å². The minimum absolute atomic E-state index is 0.335. The molecule has 2 rings (SSSR count). The molecule has 0 amide bonds. The Kier molecular flexibility index (Phi) is 2.46. The van der Waals surface area contributed by atoms with Gasteiger partial charge in [0.2, 0.25) is 0 Å². The van der Waals surface area contributed by atoms with Crippen LogP contribution in [0.4, 0.5) is 0 Å². The van der Waals surface area contributed by atoms with Crippen molar-refractivity contribution >= 4 is 16.9 Å². The Morgan fingerprint density at radius 2 is 2.06 bits per heavy atom. The van der Waals surface area contributed by atoms with Crippen LogP contribution in [0.15, 0.2) is 24.3 Å². The fraction of sp³-hybridized carbons (Fsp3) is 0.308. The first-order chi connectivity index (χ1) is 7.52. The van der Waals surface area contributed by atoms with Crippen molar-refractivity contribution in [1.29, 1.82) is 0 Å². The Bertz CT molecular complexity index is 552. The maximum Gasteiger partial charge on any atom is 0.336 e. The molecule has 0 saturated carbocycles. The number of carbonyl (C=O) groups is 1. The second-order valence-electron chi connectivity index (χ2n) is 4.29. The average Bonchev–Trinajstić information content (AvgIpc) is 2.52. The highest BCUT2D eigenvalue weighted by atomic mass is 16.4. The first-order valence-electron chi connectivity index (χ1n) is 5.36. The van der Waals surface area contributed by atoms with Crippen LogP contribution in [-0.2, 0) is 0 Å².